The van der Waals surface area contributed by atoms with Crippen LogP contribution in [0, 0.1) is 0 Å². The minimum absolute atomic E-state index is 0.205. The molecule has 0 spiro atoms. The van der Waals surface area contributed by atoms with E-state index in [2.05, 4.69) is 15.9 Å². The van der Waals surface area contributed by atoms with Gasteiger partial charge >= 0.3 is 0 Å². The maximum Gasteiger partial charge on any atom is 0.268 e. The zero-order valence-electron chi connectivity index (χ0n) is 13.8. The smallest absolute Gasteiger partial charge is 0.268 e. The van der Waals surface area contributed by atoms with Crippen molar-refractivity contribution in [3.8, 4) is 11.5 Å². The Bertz CT molecular complexity index is 841. The second-order valence-corrected chi connectivity index (χ2v) is 6.26. The summed E-state index contributed by atoms with van der Waals surface area (Å²) in [7, 11) is 3.16. The van der Waals surface area contributed by atoms with Crippen LogP contribution in [0.15, 0.2) is 53.0 Å². The summed E-state index contributed by atoms with van der Waals surface area (Å²) in [6, 6.07) is 14.3. The van der Waals surface area contributed by atoms with Crippen LogP contribution in [0.5, 0.6) is 11.5 Å². The molecule has 0 aliphatic carbocycles. The second-order valence-electron chi connectivity index (χ2n) is 5.46. The molecule has 0 saturated heterocycles. The van der Waals surface area contributed by atoms with Crippen LogP contribution in [0.2, 0.25) is 0 Å². The van der Waals surface area contributed by atoms with Crippen LogP contribution in [-0.2, 0) is 16.1 Å². The van der Waals surface area contributed by atoms with Gasteiger partial charge < -0.3 is 9.47 Å². The maximum atomic E-state index is 12.8. The van der Waals surface area contributed by atoms with Crippen LogP contribution in [0.1, 0.15) is 11.1 Å². The van der Waals surface area contributed by atoms with Crippen LogP contribution < -0.4 is 9.47 Å². The van der Waals surface area contributed by atoms with Crippen LogP contribution in [0.25, 0.3) is 5.57 Å². The predicted octanol–water partition coefficient (Wildman–Crippen LogP) is 3.38. The van der Waals surface area contributed by atoms with Crippen molar-refractivity contribution in [2.45, 2.75) is 6.54 Å². The molecule has 0 radical (unpaired) electrons. The first-order valence-electron chi connectivity index (χ1n) is 7.58. The lowest BCUT2D eigenvalue weighted by atomic mass is 10.1. The van der Waals surface area contributed by atoms with Crippen LogP contribution in [0.3, 0.4) is 0 Å². The molecule has 2 amide bonds. The Hall–Kier alpha value is -2.60. The summed E-state index contributed by atoms with van der Waals surface area (Å²) >= 11 is 3.28. The zero-order chi connectivity index (χ0) is 18.0. The number of hydrogen-bond donors (Lipinski definition) is 0. The molecule has 2 aromatic carbocycles. The molecule has 128 valence electrons. The minimum atomic E-state index is -0.341. The summed E-state index contributed by atoms with van der Waals surface area (Å²) < 4.78 is 10.5. The maximum absolute atomic E-state index is 12.8. The number of ether oxygens (including phenoxy) is 2. The van der Waals surface area contributed by atoms with Gasteiger partial charge in [-0.05, 0) is 51.3 Å². The summed E-state index contributed by atoms with van der Waals surface area (Å²) in [5, 5.41) is 0. The van der Waals surface area contributed by atoms with Crippen molar-refractivity contribution in [2.24, 2.45) is 0 Å². The summed E-state index contributed by atoms with van der Waals surface area (Å²) in [6.45, 7) is 0.205. The van der Waals surface area contributed by atoms with Crippen LogP contribution >= 0.6 is 15.9 Å². The Morgan fingerprint density at radius 3 is 1.88 bits per heavy atom. The average Bonchev–Trinajstić information content (AvgIpc) is 2.86. The Morgan fingerprint density at radius 2 is 1.36 bits per heavy atom. The van der Waals surface area contributed by atoms with Gasteiger partial charge in [0.25, 0.3) is 11.8 Å². The highest BCUT2D eigenvalue weighted by atomic mass is 79.9. The molecule has 2 aromatic rings. The van der Waals surface area contributed by atoms with E-state index in [0.29, 0.717) is 16.9 Å². The van der Waals surface area contributed by atoms with Crippen molar-refractivity contribution in [2.75, 3.05) is 14.2 Å². The van der Waals surface area contributed by atoms with E-state index in [1.807, 2.05) is 12.1 Å². The second kappa shape index (κ2) is 7.11. The highest BCUT2D eigenvalue weighted by molar-refractivity contribution is 9.12. The number of imide groups is 1. The first kappa shape index (κ1) is 17.2. The predicted molar refractivity (Wildman–Crippen MR) is 97.4 cm³/mol. The molecule has 0 bridgehead atoms. The fraction of sp³-hybridized carbons (Fsp3) is 0.158. The number of hydrogen-bond acceptors (Lipinski definition) is 4. The fourth-order valence-corrected chi connectivity index (χ4v) is 3.22. The lowest BCUT2D eigenvalue weighted by molar-refractivity contribution is -0.137. The number of halogens is 1. The molecular weight excluding hydrogens is 386 g/mol. The molecule has 0 N–H and O–H groups in total. The van der Waals surface area contributed by atoms with Crippen LogP contribution in [0.4, 0.5) is 0 Å². The number of carbonyl (C=O) groups excluding carboxylic acids is 2. The number of amides is 2. The van der Waals surface area contributed by atoms with Gasteiger partial charge in [0.2, 0.25) is 0 Å². The number of rotatable bonds is 5. The number of benzene rings is 2. The topological polar surface area (TPSA) is 55.8 Å². The third kappa shape index (κ3) is 3.30. The van der Waals surface area contributed by atoms with Crippen molar-refractivity contribution in [3.05, 3.63) is 64.1 Å². The number of nitrogens with zero attached hydrogens (tertiary/aromatic N) is 1. The van der Waals surface area contributed by atoms with E-state index in [4.69, 9.17) is 9.47 Å². The largest absolute Gasteiger partial charge is 0.497 e. The molecule has 0 fully saturated rings. The zero-order valence-corrected chi connectivity index (χ0v) is 15.4. The number of methoxy groups -OCH3 is 2. The van der Waals surface area contributed by atoms with E-state index >= 15 is 0 Å². The Labute approximate surface area is 154 Å². The van der Waals surface area contributed by atoms with Crippen LogP contribution in [-0.4, -0.2) is 30.9 Å². The third-order valence-corrected chi connectivity index (χ3v) is 4.73. The molecule has 0 saturated carbocycles. The van der Waals surface area contributed by atoms with E-state index < -0.39 is 0 Å². The summed E-state index contributed by atoms with van der Waals surface area (Å²) in [4.78, 5) is 26.5. The van der Waals surface area contributed by atoms with Gasteiger partial charge in [0, 0.05) is 0 Å². The van der Waals surface area contributed by atoms with Gasteiger partial charge in [-0.3, -0.25) is 14.5 Å². The monoisotopic (exact) mass is 401 g/mol. The Balaban J connectivity index is 1.84. The minimum Gasteiger partial charge on any atom is -0.497 e. The van der Waals surface area contributed by atoms with Gasteiger partial charge in [-0.25, -0.2) is 0 Å². The first-order valence-corrected chi connectivity index (χ1v) is 8.37. The van der Waals surface area contributed by atoms with Crippen molar-refractivity contribution in [1.29, 1.82) is 0 Å². The Morgan fingerprint density at radius 1 is 0.840 bits per heavy atom. The van der Waals surface area contributed by atoms with Gasteiger partial charge in [-0.1, -0.05) is 24.3 Å². The van der Waals surface area contributed by atoms with E-state index in [1.54, 1.807) is 50.6 Å². The summed E-state index contributed by atoms with van der Waals surface area (Å²) in [5.41, 5.74) is 1.88. The van der Waals surface area contributed by atoms with Gasteiger partial charge in [-0.2, -0.15) is 0 Å². The first-order chi connectivity index (χ1) is 12.0. The van der Waals surface area contributed by atoms with Gasteiger partial charge in [0.1, 0.15) is 11.5 Å². The normalized spacial score (nSPS) is 14.3. The molecule has 1 heterocycles. The molecule has 1 aliphatic heterocycles. The molecule has 5 nitrogen and oxygen atoms in total. The lowest BCUT2D eigenvalue weighted by Gasteiger charge is -2.15. The molecule has 25 heavy (non-hydrogen) atoms. The SMILES string of the molecule is COc1ccc(CN2C(=O)C(Br)=C(c3ccc(OC)cc3)C2=O)cc1. The van der Waals surface area contributed by atoms with Crippen molar-refractivity contribution in [3.63, 3.8) is 0 Å². The molecule has 0 unspecified atom stereocenters. The quantitative estimate of drug-likeness (QED) is 0.720. The molecule has 6 heteroatoms. The average molecular weight is 402 g/mol. The van der Waals surface area contributed by atoms with Gasteiger partial charge in [0.15, 0.2) is 0 Å². The third-order valence-electron chi connectivity index (χ3n) is 3.99. The fourth-order valence-electron chi connectivity index (χ4n) is 2.61. The van der Waals surface area contributed by atoms with Crippen molar-refractivity contribution >= 4 is 33.3 Å². The molecular formula is C19H16BrNO4. The standard InChI is InChI=1S/C19H16BrNO4/c1-24-14-7-3-12(4-8-14)11-21-18(22)16(17(20)19(21)23)13-5-9-15(25-2)10-6-13/h3-10H,11H2,1-2H3. The molecule has 0 aromatic heterocycles. The molecule has 1 aliphatic rings. The highest BCUT2D eigenvalue weighted by Gasteiger charge is 2.37. The number of carbonyl (C=O) groups is 2. The Kier molecular flexibility index (Phi) is 4.90. The van der Waals surface area contributed by atoms with Gasteiger partial charge in [-0.15, -0.1) is 0 Å². The van der Waals surface area contributed by atoms with Crippen molar-refractivity contribution in [1.82, 2.24) is 4.90 Å². The molecule has 0 atom stereocenters. The highest BCUT2D eigenvalue weighted by Crippen LogP contribution is 2.34. The van der Waals surface area contributed by atoms with E-state index in [0.717, 1.165) is 11.3 Å². The molecule has 3 rings (SSSR count). The summed E-state index contributed by atoms with van der Waals surface area (Å²) in [6.07, 6.45) is 0. The lowest BCUT2D eigenvalue weighted by Crippen LogP contribution is -2.30. The van der Waals surface area contributed by atoms with E-state index in [1.165, 1.54) is 4.90 Å². The van der Waals surface area contributed by atoms with Crippen molar-refractivity contribution < 1.29 is 19.1 Å². The van der Waals surface area contributed by atoms with E-state index in [9.17, 15) is 9.59 Å². The van der Waals surface area contributed by atoms with E-state index in [-0.39, 0.29) is 22.8 Å². The summed E-state index contributed by atoms with van der Waals surface area (Å²) in [5.74, 6) is 0.748. The van der Waals surface area contributed by atoms with Gasteiger partial charge in [0.05, 0.1) is 30.8 Å².